The van der Waals surface area contributed by atoms with Crippen molar-refractivity contribution in [2.45, 2.75) is 63.6 Å². The van der Waals surface area contributed by atoms with E-state index in [1.165, 1.54) is 4.90 Å². The Morgan fingerprint density at radius 3 is 2.02 bits per heavy atom. The average molecular weight is 885 g/mol. The number of nitrogens with one attached hydrogen (secondary N) is 4. The number of hydrogen-bond acceptors (Lipinski definition) is 8. The molecule has 2 bridgehead atoms. The summed E-state index contributed by atoms with van der Waals surface area (Å²) in [5.74, 6) is -7.71. The van der Waals surface area contributed by atoms with Gasteiger partial charge in [-0.25, -0.2) is 0 Å². The average Bonchev–Trinajstić information content (AvgIpc) is 3.29. The van der Waals surface area contributed by atoms with E-state index in [2.05, 4.69) is 21.3 Å². The maximum Gasteiger partial charge on any atom is 0.318 e. The Labute approximate surface area is 375 Å². The minimum Gasteiger partial charge on any atom is -0.481 e. The SMILES string of the molecule is NC(=O)[C@@H]1CCNC(=O)/C=C/C(=O)N2CCC[C@](Cc3ccccc3)(C2)C(=O)N[C@@H](Cc2ccc(-c3ccc(CC(C(=O)O)C(=O)O)cc3)cc2)C(=O)NCc2ccccc2CC(=O)N1. The van der Waals surface area contributed by atoms with Gasteiger partial charge < -0.3 is 42.1 Å². The number of carbonyl (C=O) groups excluding carboxylic acids is 6. The standard InChI is InChI=1S/C49H52N6O10/c50-44(59)39-21-23-51-41(56)19-20-43(58)55-24-6-22-49(30-55,28-33-7-2-1-3-8-33)48(65)54-40(45(60)52-29-37-10-5-4-9-36(37)27-42(57)53-39)26-32-13-17-35(18-14-32)34-15-11-31(12-16-34)25-38(46(61)62)47(63)64/h1-5,7-20,38-40H,6,21-30H2,(H2,50,59)(H,51,56)(H,52,60)(H,53,57)(H,54,65)(H,61,62)(H,63,64)/b20-19+/t39-,40-,49-/m0/s1. The minimum absolute atomic E-state index is 0.000527. The summed E-state index contributed by atoms with van der Waals surface area (Å²) in [5, 5.41) is 29.9. The maximum atomic E-state index is 14.9. The summed E-state index contributed by atoms with van der Waals surface area (Å²) >= 11 is 0. The van der Waals surface area contributed by atoms with Crippen molar-refractivity contribution in [3.8, 4) is 11.1 Å². The van der Waals surface area contributed by atoms with E-state index in [1.54, 1.807) is 48.5 Å². The molecule has 338 valence electrons. The summed E-state index contributed by atoms with van der Waals surface area (Å²) in [6.07, 6.45) is 3.11. The maximum absolute atomic E-state index is 14.9. The number of primary amides is 1. The van der Waals surface area contributed by atoms with E-state index in [-0.39, 0.29) is 51.7 Å². The molecular weight excluding hydrogens is 833 g/mol. The lowest BCUT2D eigenvalue weighted by Crippen LogP contribution is -2.58. The summed E-state index contributed by atoms with van der Waals surface area (Å²) in [6, 6.07) is 28.4. The number of nitrogens with two attached hydrogens (primary N) is 1. The molecule has 3 atom stereocenters. The van der Waals surface area contributed by atoms with E-state index < -0.39 is 70.8 Å². The summed E-state index contributed by atoms with van der Waals surface area (Å²) in [7, 11) is 0. The molecule has 1 fully saturated rings. The quantitative estimate of drug-likeness (QED) is 0.115. The molecule has 8 N–H and O–H groups in total. The Balaban J connectivity index is 1.31. The molecule has 1 saturated heterocycles. The number of carboxylic acids is 2. The largest absolute Gasteiger partial charge is 0.481 e. The van der Waals surface area contributed by atoms with Crippen molar-refractivity contribution in [1.29, 1.82) is 0 Å². The van der Waals surface area contributed by atoms with E-state index >= 15 is 0 Å². The topological polar surface area (TPSA) is 254 Å². The number of rotatable bonds is 10. The Hall–Kier alpha value is -7.62. The number of fused-ring (bicyclic) bond motifs is 3. The van der Waals surface area contributed by atoms with Crippen LogP contribution in [0.1, 0.15) is 47.1 Å². The third kappa shape index (κ3) is 12.7. The van der Waals surface area contributed by atoms with Gasteiger partial charge in [-0.3, -0.25) is 38.4 Å². The molecule has 4 aromatic rings. The van der Waals surface area contributed by atoms with Gasteiger partial charge in [0.05, 0.1) is 11.8 Å². The third-order valence-electron chi connectivity index (χ3n) is 11.8. The number of hydrogen-bond donors (Lipinski definition) is 7. The molecule has 65 heavy (non-hydrogen) atoms. The number of amides is 6. The zero-order chi connectivity index (χ0) is 46.5. The molecule has 0 aromatic heterocycles. The van der Waals surface area contributed by atoms with Crippen LogP contribution < -0.4 is 27.0 Å². The van der Waals surface area contributed by atoms with Gasteiger partial charge in [-0.2, -0.15) is 0 Å². The number of carboxylic acid groups (broad SMARTS) is 2. The van der Waals surface area contributed by atoms with Crippen LogP contribution in [0.5, 0.6) is 0 Å². The summed E-state index contributed by atoms with van der Waals surface area (Å²) in [5.41, 5.74) is 9.33. The fourth-order valence-corrected chi connectivity index (χ4v) is 8.22. The minimum atomic E-state index is -1.57. The van der Waals surface area contributed by atoms with Crippen LogP contribution >= 0.6 is 0 Å². The second kappa shape index (κ2) is 21.6. The lowest BCUT2D eigenvalue weighted by atomic mass is 9.74. The van der Waals surface area contributed by atoms with E-state index in [0.29, 0.717) is 41.6 Å². The molecule has 2 heterocycles. The molecule has 2 aliphatic rings. The first kappa shape index (κ1) is 46.9. The van der Waals surface area contributed by atoms with Gasteiger partial charge >= 0.3 is 11.9 Å². The van der Waals surface area contributed by atoms with E-state index in [1.807, 2.05) is 54.6 Å². The highest BCUT2D eigenvalue weighted by Crippen LogP contribution is 2.35. The Bertz CT molecular complexity index is 2430. The van der Waals surface area contributed by atoms with Crippen molar-refractivity contribution in [1.82, 2.24) is 26.2 Å². The molecule has 6 amide bonds. The Kier molecular flexibility index (Phi) is 15.6. The number of benzene rings is 4. The number of aliphatic carboxylic acids is 2. The second-order valence-electron chi connectivity index (χ2n) is 16.5. The summed E-state index contributed by atoms with van der Waals surface area (Å²) < 4.78 is 0. The fraction of sp³-hybridized carbons (Fsp3) is 0.306. The number of nitrogens with zero attached hydrogens (tertiary/aromatic N) is 1. The first-order valence-electron chi connectivity index (χ1n) is 21.4. The van der Waals surface area contributed by atoms with Crippen molar-refractivity contribution in [3.05, 3.63) is 143 Å². The van der Waals surface area contributed by atoms with Gasteiger partial charge in [-0.05, 0) is 71.0 Å². The zero-order valence-electron chi connectivity index (χ0n) is 35.7. The summed E-state index contributed by atoms with van der Waals surface area (Å²) in [6.45, 7) is 0.323. The molecule has 0 aliphatic carbocycles. The molecule has 6 rings (SSSR count). The van der Waals surface area contributed by atoms with Crippen LogP contribution in [0, 0.1) is 11.3 Å². The van der Waals surface area contributed by atoms with Gasteiger partial charge in [-0.15, -0.1) is 0 Å². The molecule has 2 aliphatic heterocycles. The molecule has 0 saturated carbocycles. The lowest BCUT2D eigenvalue weighted by molar-refractivity contribution is -0.154. The van der Waals surface area contributed by atoms with Crippen molar-refractivity contribution in [2.75, 3.05) is 19.6 Å². The van der Waals surface area contributed by atoms with Crippen LogP contribution in [0.15, 0.2) is 115 Å². The van der Waals surface area contributed by atoms with E-state index in [0.717, 1.165) is 28.8 Å². The van der Waals surface area contributed by atoms with Crippen LogP contribution in [0.4, 0.5) is 0 Å². The second-order valence-corrected chi connectivity index (χ2v) is 16.5. The Morgan fingerprint density at radius 2 is 1.37 bits per heavy atom. The monoisotopic (exact) mass is 884 g/mol. The first-order valence-corrected chi connectivity index (χ1v) is 21.4. The van der Waals surface area contributed by atoms with Gasteiger partial charge in [0, 0.05) is 44.8 Å². The van der Waals surface area contributed by atoms with Gasteiger partial charge in [0.15, 0.2) is 5.92 Å². The fourth-order valence-electron chi connectivity index (χ4n) is 8.22. The highest BCUT2D eigenvalue weighted by atomic mass is 16.4. The molecule has 16 nitrogen and oxygen atoms in total. The summed E-state index contributed by atoms with van der Waals surface area (Å²) in [4.78, 5) is 105. The molecule has 0 spiro atoms. The normalized spacial score (nSPS) is 20.7. The van der Waals surface area contributed by atoms with Crippen LogP contribution in [-0.2, 0) is 70.6 Å². The van der Waals surface area contributed by atoms with Crippen LogP contribution in [-0.4, -0.2) is 94.2 Å². The Morgan fingerprint density at radius 1 is 0.738 bits per heavy atom. The van der Waals surface area contributed by atoms with Crippen molar-refractivity contribution in [2.24, 2.45) is 17.1 Å². The highest BCUT2D eigenvalue weighted by Gasteiger charge is 2.44. The number of carbonyl (C=O) groups is 8. The predicted octanol–water partition coefficient (Wildman–Crippen LogP) is 2.47. The third-order valence-corrected chi connectivity index (χ3v) is 11.8. The smallest absolute Gasteiger partial charge is 0.318 e. The molecule has 4 aromatic carbocycles. The predicted molar refractivity (Wildman–Crippen MR) is 238 cm³/mol. The number of piperidine rings is 1. The van der Waals surface area contributed by atoms with Gasteiger partial charge in [-0.1, -0.05) is 103 Å². The van der Waals surface area contributed by atoms with Crippen molar-refractivity contribution < 1.29 is 48.6 Å². The van der Waals surface area contributed by atoms with Gasteiger partial charge in [0.25, 0.3) is 0 Å². The molecular formula is C49H52N6O10. The van der Waals surface area contributed by atoms with Crippen LogP contribution in [0.2, 0.25) is 0 Å². The van der Waals surface area contributed by atoms with Crippen molar-refractivity contribution >= 4 is 47.4 Å². The van der Waals surface area contributed by atoms with Crippen LogP contribution in [0.25, 0.3) is 11.1 Å². The van der Waals surface area contributed by atoms with Crippen molar-refractivity contribution in [3.63, 3.8) is 0 Å². The van der Waals surface area contributed by atoms with Crippen LogP contribution in [0.3, 0.4) is 0 Å². The molecule has 0 radical (unpaired) electrons. The lowest BCUT2D eigenvalue weighted by Gasteiger charge is -2.42. The zero-order valence-corrected chi connectivity index (χ0v) is 35.7. The first-order chi connectivity index (χ1) is 31.2. The molecule has 16 heteroatoms. The van der Waals surface area contributed by atoms with E-state index in [9.17, 15) is 48.6 Å². The van der Waals surface area contributed by atoms with E-state index in [4.69, 9.17) is 5.73 Å². The molecule has 0 unspecified atom stereocenters. The highest BCUT2D eigenvalue weighted by molar-refractivity contribution is 5.98. The van der Waals surface area contributed by atoms with Gasteiger partial charge in [0.2, 0.25) is 35.4 Å². The van der Waals surface area contributed by atoms with Gasteiger partial charge in [0.1, 0.15) is 12.1 Å².